The number of hydrogen-bond donors (Lipinski definition) is 8. The lowest BCUT2D eigenvalue weighted by atomic mass is 9.92. The SMILES string of the molecule is CC/C=C/C[C@H](NC)C(=O)N[C@@H](C1OC(Sc2ncc(CCC(=O)O)[nH]2)C(O)C(O)C1O)[C@@H](C)O. The van der Waals surface area contributed by atoms with Crippen molar-refractivity contribution in [2.45, 2.75) is 92.7 Å². The maximum absolute atomic E-state index is 12.8. The second-order valence-corrected chi connectivity index (χ2v) is 9.48. The molecule has 35 heavy (non-hydrogen) atoms. The van der Waals surface area contributed by atoms with Crippen LogP contribution in [-0.4, -0.2) is 102 Å². The Labute approximate surface area is 208 Å². The number of ether oxygens (including phenoxy) is 1. The standard InChI is InChI=1S/C22H36N4O8S/c1-4-5-6-7-13(23-3)20(33)26-15(11(2)27)19-17(31)16(30)18(32)21(34-19)35-22-24-10-12(25-22)8-9-14(28)29/h5-6,10-11,13,15-19,21,23,27,30-32H,4,7-9H2,1-3H3,(H,24,25)(H,26,33)(H,28,29)/b6-5+/t11-,13+,15-,16?,17?,18?,19?,21?/m1/s1. The second-order valence-electron chi connectivity index (χ2n) is 8.40. The highest BCUT2D eigenvalue weighted by atomic mass is 32.2. The summed E-state index contributed by atoms with van der Waals surface area (Å²) < 4.78 is 5.87. The lowest BCUT2D eigenvalue weighted by Gasteiger charge is -2.44. The number of aliphatic hydroxyl groups excluding tert-OH is 4. The van der Waals surface area contributed by atoms with Crippen molar-refractivity contribution in [2.75, 3.05) is 7.05 Å². The zero-order valence-corrected chi connectivity index (χ0v) is 20.8. The van der Waals surface area contributed by atoms with Gasteiger partial charge in [-0.05, 0) is 33.2 Å². The van der Waals surface area contributed by atoms with Gasteiger partial charge in [0.05, 0.1) is 24.6 Å². The molecule has 8 atom stereocenters. The van der Waals surface area contributed by atoms with Crippen LogP contribution >= 0.6 is 11.8 Å². The van der Waals surface area contributed by atoms with E-state index in [1.807, 2.05) is 19.1 Å². The minimum absolute atomic E-state index is 0.0839. The number of rotatable bonds is 13. The van der Waals surface area contributed by atoms with Crippen LogP contribution in [0, 0.1) is 0 Å². The molecule has 5 unspecified atom stereocenters. The molecule has 0 spiro atoms. The minimum atomic E-state index is -1.61. The molecule has 1 aromatic heterocycles. The van der Waals surface area contributed by atoms with Crippen LogP contribution in [0.25, 0.3) is 0 Å². The first-order chi connectivity index (χ1) is 16.6. The first kappa shape index (κ1) is 29.2. The van der Waals surface area contributed by atoms with E-state index in [1.165, 1.54) is 13.1 Å². The number of aliphatic hydroxyl groups is 4. The highest BCUT2D eigenvalue weighted by Crippen LogP contribution is 2.33. The van der Waals surface area contributed by atoms with Crippen molar-refractivity contribution in [3.63, 3.8) is 0 Å². The lowest BCUT2D eigenvalue weighted by Crippen LogP contribution is -2.65. The first-order valence-corrected chi connectivity index (χ1v) is 12.4. The molecule has 12 nitrogen and oxygen atoms in total. The Balaban J connectivity index is 2.14. The van der Waals surface area contributed by atoms with E-state index in [0.717, 1.165) is 18.2 Å². The molecule has 8 N–H and O–H groups in total. The molecule has 0 radical (unpaired) electrons. The van der Waals surface area contributed by atoms with Crippen LogP contribution in [0.4, 0.5) is 0 Å². The number of aromatic amines is 1. The second kappa shape index (κ2) is 13.9. The Morgan fingerprint density at radius 2 is 1.97 bits per heavy atom. The molecule has 1 aliphatic heterocycles. The molecule has 1 fully saturated rings. The number of aliphatic carboxylic acids is 1. The molecule has 1 amide bonds. The molecule has 0 saturated carbocycles. The molecule has 198 valence electrons. The fourth-order valence-corrected chi connectivity index (χ4v) is 4.65. The number of aromatic nitrogens is 2. The number of hydrogen-bond acceptors (Lipinski definition) is 10. The number of thioether (sulfide) groups is 1. The monoisotopic (exact) mass is 516 g/mol. The minimum Gasteiger partial charge on any atom is -0.481 e. The predicted molar refractivity (Wildman–Crippen MR) is 128 cm³/mol. The molecule has 0 aliphatic carbocycles. The highest BCUT2D eigenvalue weighted by Gasteiger charge is 2.48. The number of carboxylic acid groups (broad SMARTS) is 1. The molecule has 1 aliphatic rings. The van der Waals surface area contributed by atoms with E-state index < -0.39 is 59.9 Å². The molecule has 0 aromatic carbocycles. The third-order valence-corrected chi connectivity index (χ3v) is 6.72. The van der Waals surface area contributed by atoms with Crippen LogP contribution in [-0.2, 0) is 20.7 Å². The van der Waals surface area contributed by atoms with Gasteiger partial charge >= 0.3 is 5.97 Å². The molecule has 0 bridgehead atoms. The zero-order valence-electron chi connectivity index (χ0n) is 20.0. The van der Waals surface area contributed by atoms with Crippen molar-refractivity contribution in [2.24, 2.45) is 0 Å². The Morgan fingerprint density at radius 1 is 1.26 bits per heavy atom. The number of nitrogens with one attached hydrogen (secondary N) is 3. The third-order valence-electron chi connectivity index (χ3n) is 5.67. The van der Waals surface area contributed by atoms with Crippen LogP contribution in [0.3, 0.4) is 0 Å². The number of amides is 1. The van der Waals surface area contributed by atoms with E-state index in [2.05, 4.69) is 20.6 Å². The van der Waals surface area contributed by atoms with Crippen molar-refractivity contribution < 1.29 is 39.9 Å². The van der Waals surface area contributed by atoms with Crippen molar-refractivity contribution in [1.82, 2.24) is 20.6 Å². The first-order valence-electron chi connectivity index (χ1n) is 11.5. The van der Waals surface area contributed by atoms with Gasteiger partial charge < -0.3 is 45.9 Å². The van der Waals surface area contributed by atoms with Gasteiger partial charge in [-0.3, -0.25) is 9.59 Å². The lowest BCUT2D eigenvalue weighted by molar-refractivity contribution is -0.211. The number of allylic oxidation sites excluding steroid dienone is 1. The van der Waals surface area contributed by atoms with Crippen LogP contribution in [0.5, 0.6) is 0 Å². The van der Waals surface area contributed by atoms with Gasteiger partial charge in [0.1, 0.15) is 29.9 Å². The zero-order chi connectivity index (χ0) is 26.1. The van der Waals surface area contributed by atoms with E-state index >= 15 is 0 Å². The molecule has 1 aromatic rings. The molecule has 13 heteroatoms. The summed E-state index contributed by atoms with van der Waals surface area (Å²) in [5.74, 6) is -1.37. The third kappa shape index (κ3) is 8.27. The molecule has 1 saturated heterocycles. The van der Waals surface area contributed by atoms with Crippen molar-refractivity contribution in [3.05, 3.63) is 24.0 Å². The molecular formula is C22H36N4O8S. The number of imidazole rings is 1. The van der Waals surface area contributed by atoms with Crippen molar-refractivity contribution in [1.29, 1.82) is 0 Å². The number of likely N-dealkylation sites (N-methyl/N-ethyl adjacent to an activating group) is 1. The summed E-state index contributed by atoms with van der Waals surface area (Å²) in [6.45, 7) is 3.40. The molecule has 2 heterocycles. The fraction of sp³-hybridized carbons (Fsp3) is 0.682. The van der Waals surface area contributed by atoms with Crippen LogP contribution in [0.15, 0.2) is 23.5 Å². The average molecular weight is 517 g/mol. The van der Waals surface area contributed by atoms with E-state index in [9.17, 15) is 30.0 Å². The quantitative estimate of drug-likeness (QED) is 0.152. The van der Waals surface area contributed by atoms with E-state index in [4.69, 9.17) is 9.84 Å². The average Bonchev–Trinajstić information content (AvgIpc) is 3.26. The Hall–Kier alpha value is -2.00. The van der Waals surface area contributed by atoms with E-state index in [1.54, 1.807) is 7.05 Å². The summed E-state index contributed by atoms with van der Waals surface area (Å²) in [5.41, 5.74) is -0.524. The maximum atomic E-state index is 12.8. The topological polar surface area (TPSA) is 197 Å². The van der Waals surface area contributed by atoms with Crippen molar-refractivity contribution >= 4 is 23.6 Å². The predicted octanol–water partition coefficient (Wildman–Crippen LogP) is -0.863. The largest absolute Gasteiger partial charge is 0.481 e. The van der Waals surface area contributed by atoms with E-state index in [0.29, 0.717) is 17.3 Å². The maximum Gasteiger partial charge on any atom is 0.303 e. The molecule has 2 rings (SSSR count). The summed E-state index contributed by atoms with van der Waals surface area (Å²) in [6.07, 6.45) is -0.426. The summed E-state index contributed by atoms with van der Waals surface area (Å²) in [6, 6.07) is -1.68. The fourth-order valence-electron chi connectivity index (χ4n) is 3.64. The number of carboxylic acids is 1. The summed E-state index contributed by atoms with van der Waals surface area (Å²) >= 11 is 0.936. The normalized spacial score (nSPS) is 27.5. The van der Waals surface area contributed by atoms with Gasteiger partial charge in [0.2, 0.25) is 5.91 Å². The number of aryl methyl sites for hydroxylation is 1. The van der Waals surface area contributed by atoms with Crippen LogP contribution in [0.2, 0.25) is 0 Å². The van der Waals surface area contributed by atoms with Gasteiger partial charge in [0.25, 0.3) is 0 Å². The number of H-pyrrole nitrogens is 1. The van der Waals surface area contributed by atoms with Gasteiger partial charge in [-0.25, -0.2) is 4.98 Å². The van der Waals surface area contributed by atoms with Crippen LogP contribution in [0.1, 0.15) is 38.8 Å². The van der Waals surface area contributed by atoms with E-state index in [-0.39, 0.29) is 12.8 Å². The van der Waals surface area contributed by atoms with Gasteiger partial charge in [-0.1, -0.05) is 30.8 Å². The van der Waals surface area contributed by atoms with Gasteiger partial charge in [0, 0.05) is 11.9 Å². The summed E-state index contributed by atoms with van der Waals surface area (Å²) in [4.78, 5) is 30.7. The summed E-state index contributed by atoms with van der Waals surface area (Å²) in [7, 11) is 1.63. The van der Waals surface area contributed by atoms with Gasteiger partial charge in [-0.2, -0.15) is 0 Å². The highest BCUT2D eigenvalue weighted by molar-refractivity contribution is 7.99. The Kier molecular flexibility index (Phi) is 11.6. The van der Waals surface area contributed by atoms with Gasteiger partial charge in [-0.15, -0.1) is 0 Å². The Bertz CT molecular complexity index is 851. The summed E-state index contributed by atoms with van der Waals surface area (Å²) in [5, 5.41) is 56.7. The Morgan fingerprint density at radius 3 is 2.57 bits per heavy atom. The van der Waals surface area contributed by atoms with Gasteiger partial charge in [0.15, 0.2) is 5.16 Å². The molecular weight excluding hydrogens is 480 g/mol. The number of carbonyl (C=O) groups is 2. The van der Waals surface area contributed by atoms with Crippen LogP contribution < -0.4 is 10.6 Å². The van der Waals surface area contributed by atoms with Crippen molar-refractivity contribution in [3.8, 4) is 0 Å². The number of nitrogens with zero attached hydrogens (tertiary/aromatic N) is 1. The number of carbonyl (C=O) groups excluding carboxylic acids is 1. The smallest absolute Gasteiger partial charge is 0.303 e.